The normalized spacial score (nSPS) is 12.1. The maximum atomic E-state index is 11.9. The topological polar surface area (TPSA) is 88.2 Å². The first kappa shape index (κ1) is 17.1. The number of amides is 1. The van der Waals surface area contributed by atoms with Crippen LogP contribution in [0.2, 0.25) is 0 Å². The van der Waals surface area contributed by atoms with Gasteiger partial charge < -0.3 is 14.8 Å². The summed E-state index contributed by atoms with van der Waals surface area (Å²) in [6, 6.07) is 7.84. The molecule has 0 fully saturated rings. The van der Waals surface area contributed by atoms with Gasteiger partial charge >= 0.3 is 0 Å². The molecule has 2 N–H and O–H groups in total. The summed E-state index contributed by atoms with van der Waals surface area (Å²) in [7, 11) is 0. The minimum absolute atomic E-state index is 0.0123. The highest BCUT2D eigenvalue weighted by Gasteiger charge is 2.13. The van der Waals surface area contributed by atoms with Gasteiger partial charge in [-0.05, 0) is 31.9 Å². The fourth-order valence-corrected chi connectivity index (χ4v) is 2.22. The number of nitrogens with zero attached hydrogens (tertiary/aromatic N) is 2. The number of aryl methyl sites for hydroxylation is 2. The number of benzene rings is 1. The van der Waals surface area contributed by atoms with Crippen LogP contribution in [0.1, 0.15) is 37.6 Å². The number of nitrogens with one attached hydrogen (secondary N) is 1. The van der Waals surface area contributed by atoms with E-state index in [9.17, 15) is 4.79 Å². The molecule has 0 saturated heterocycles. The monoisotopic (exact) mass is 317 g/mol. The summed E-state index contributed by atoms with van der Waals surface area (Å²) < 4.78 is 5.60. The molecule has 0 spiro atoms. The Hall–Kier alpha value is -2.21. The molecule has 0 aliphatic rings. The molecule has 6 heteroatoms. The van der Waals surface area contributed by atoms with Gasteiger partial charge in [-0.15, -0.1) is 10.2 Å². The van der Waals surface area contributed by atoms with Crippen molar-refractivity contribution < 1.29 is 14.3 Å². The Morgan fingerprint density at radius 3 is 2.70 bits per heavy atom. The van der Waals surface area contributed by atoms with Crippen molar-refractivity contribution in [3.63, 3.8) is 0 Å². The highest BCUT2D eigenvalue weighted by Crippen LogP contribution is 2.18. The maximum Gasteiger partial charge on any atom is 0.247 e. The van der Waals surface area contributed by atoms with Gasteiger partial charge in [-0.3, -0.25) is 4.79 Å². The molecular weight excluding hydrogens is 294 g/mol. The predicted molar refractivity (Wildman–Crippen MR) is 86.7 cm³/mol. The molecule has 1 unspecified atom stereocenters. The van der Waals surface area contributed by atoms with Crippen LogP contribution in [0.25, 0.3) is 11.5 Å². The Kier molecular flexibility index (Phi) is 6.29. The second-order valence-electron chi connectivity index (χ2n) is 5.55. The summed E-state index contributed by atoms with van der Waals surface area (Å²) in [6.45, 7) is 4.07. The second-order valence-corrected chi connectivity index (χ2v) is 5.55. The summed E-state index contributed by atoms with van der Waals surface area (Å²) >= 11 is 0. The van der Waals surface area contributed by atoms with Crippen LogP contribution >= 0.6 is 0 Å². The second kappa shape index (κ2) is 8.43. The molecule has 124 valence electrons. The summed E-state index contributed by atoms with van der Waals surface area (Å²) in [5.74, 6) is 0.846. The number of hydrogen-bond acceptors (Lipinski definition) is 5. The van der Waals surface area contributed by atoms with Gasteiger partial charge in [0.25, 0.3) is 0 Å². The van der Waals surface area contributed by atoms with Crippen molar-refractivity contribution in [2.45, 2.75) is 45.6 Å². The zero-order chi connectivity index (χ0) is 16.7. The van der Waals surface area contributed by atoms with Crippen LogP contribution in [-0.2, 0) is 11.2 Å². The Balaban J connectivity index is 1.87. The van der Waals surface area contributed by atoms with Gasteiger partial charge in [0.15, 0.2) is 0 Å². The van der Waals surface area contributed by atoms with E-state index in [1.165, 1.54) is 5.56 Å². The van der Waals surface area contributed by atoms with Gasteiger partial charge in [0.1, 0.15) is 0 Å². The molecule has 2 aromatic rings. The van der Waals surface area contributed by atoms with E-state index in [1.54, 1.807) is 0 Å². The lowest BCUT2D eigenvalue weighted by Gasteiger charge is -2.15. The van der Waals surface area contributed by atoms with Crippen LogP contribution in [0.5, 0.6) is 0 Å². The van der Waals surface area contributed by atoms with Gasteiger partial charge in [-0.25, -0.2) is 0 Å². The molecule has 0 saturated carbocycles. The Morgan fingerprint density at radius 2 is 2.04 bits per heavy atom. The summed E-state index contributed by atoms with van der Waals surface area (Å²) in [5, 5.41) is 19.8. The fraction of sp³-hybridized carbons (Fsp3) is 0.471. The fourth-order valence-electron chi connectivity index (χ4n) is 2.22. The zero-order valence-electron chi connectivity index (χ0n) is 13.6. The zero-order valence-corrected chi connectivity index (χ0v) is 13.6. The Labute approximate surface area is 135 Å². The predicted octanol–water partition coefficient (Wildman–Crippen LogP) is 2.25. The minimum Gasteiger partial charge on any atom is -0.421 e. The van der Waals surface area contributed by atoms with Crippen LogP contribution < -0.4 is 5.32 Å². The molecule has 0 bridgehead atoms. The number of carbonyl (C=O) groups excluding carboxylic acids is 1. The van der Waals surface area contributed by atoms with E-state index in [-0.39, 0.29) is 25.0 Å². The molecule has 6 nitrogen and oxygen atoms in total. The van der Waals surface area contributed by atoms with Crippen LogP contribution in [0.4, 0.5) is 0 Å². The van der Waals surface area contributed by atoms with E-state index in [0.717, 1.165) is 12.0 Å². The van der Waals surface area contributed by atoms with Crippen molar-refractivity contribution in [1.29, 1.82) is 0 Å². The summed E-state index contributed by atoms with van der Waals surface area (Å²) in [6.07, 6.45) is 2.06. The third kappa shape index (κ3) is 5.17. The van der Waals surface area contributed by atoms with E-state index in [2.05, 4.69) is 15.5 Å². The first-order chi connectivity index (χ1) is 11.1. The number of aliphatic hydroxyl groups is 1. The molecule has 0 radical (unpaired) electrons. The van der Waals surface area contributed by atoms with Crippen molar-refractivity contribution in [1.82, 2.24) is 15.5 Å². The van der Waals surface area contributed by atoms with E-state index < -0.39 is 0 Å². The molecule has 1 amide bonds. The first-order valence-corrected chi connectivity index (χ1v) is 7.92. The average Bonchev–Trinajstić information content (AvgIpc) is 3.02. The maximum absolute atomic E-state index is 11.9. The standard InChI is InChI=1S/C17H23N3O3/c1-3-14(10-11-21)18-15(22)8-9-16-19-20-17(23-16)13-6-4-12(2)5-7-13/h4-7,14,21H,3,8-11H2,1-2H3,(H,18,22). The van der Waals surface area contributed by atoms with Crippen molar-refractivity contribution in [3.05, 3.63) is 35.7 Å². The van der Waals surface area contributed by atoms with Crippen LogP contribution in [0.15, 0.2) is 28.7 Å². The van der Waals surface area contributed by atoms with Gasteiger partial charge in [-0.2, -0.15) is 0 Å². The van der Waals surface area contributed by atoms with Gasteiger partial charge in [0.2, 0.25) is 17.7 Å². The first-order valence-electron chi connectivity index (χ1n) is 7.92. The van der Waals surface area contributed by atoms with Crippen LogP contribution in [-0.4, -0.2) is 33.9 Å². The molecule has 1 atom stereocenters. The minimum atomic E-state index is -0.0691. The third-order valence-corrected chi connectivity index (χ3v) is 3.67. The van der Waals surface area contributed by atoms with Crippen molar-refractivity contribution in [2.75, 3.05) is 6.61 Å². The number of aliphatic hydroxyl groups excluding tert-OH is 1. The summed E-state index contributed by atoms with van der Waals surface area (Å²) in [5.41, 5.74) is 2.03. The van der Waals surface area contributed by atoms with E-state index in [1.807, 2.05) is 38.1 Å². The highest BCUT2D eigenvalue weighted by molar-refractivity contribution is 5.76. The van der Waals surface area contributed by atoms with Gasteiger partial charge in [0.05, 0.1) is 0 Å². The molecule has 0 aliphatic carbocycles. The molecule has 0 aliphatic heterocycles. The van der Waals surface area contributed by atoms with Gasteiger partial charge in [0, 0.05) is 31.1 Å². The van der Waals surface area contributed by atoms with Crippen molar-refractivity contribution in [2.24, 2.45) is 0 Å². The van der Waals surface area contributed by atoms with Crippen LogP contribution in [0.3, 0.4) is 0 Å². The van der Waals surface area contributed by atoms with Crippen molar-refractivity contribution in [3.8, 4) is 11.5 Å². The number of aromatic nitrogens is 2. The Bertz CT molecular complexity index is 622. The van der Waals surface area contributed by atoms with E-state index >= 15 is 0 Å². The molecular formula is C17H23N3O3. The van der Waals surface area contributed by atoms with Crippen molar-refractivity contribution >= 4 is 5.91 Å². The third-order valence-electron chi connectivity index (χ3n) is 3.67. The summed E-state index contributed by atoms with van der Waals surface area (Å²) in [4.78, 5) is 11.9. The Morgan fingerprint density at radius 1 is 1.30 bits per heavy atom. The average molecular weight is 317 g/mol. The number of carbonyl (C=O) groups is 1. The highest BCUT2D eigenvalue weighted by atomic mass is 16.4. The van der Waals surface area contributed by atoms with Gasteiger partial charge in [-0.1, -0.05) is 24.6 Å². The molecule has 1 heterocycles. The molecule has 1 aromatic carbocycles. The van der Waals surface area contributed by atoms with E-state index in [4.69, 9.17) is 9.52 Å². The lowest BCUT2D eigenvalue weighted by Crippen LogP contribution is -2.35. The molecule has 2 rings (SSSR count). The molecule has 23 heavy (non-hydrogen) atoms. The lowest BCUT2D eigenvalue weighted by molar-refractivity contribution is -0.121. The van der Waals surface area contributed by atoms with Crippen LogP contribution in [0, 0.1) is 6.92 Å². The number of hydrogen-bond donors (Lipinski definition) is 2. The SMILES string of the molecule is CCC(CCO)NC(=O)CCc1nnc(-c2ccc(C)cc2)o1. The number of rotatable bonds is 8. The largest absolute Gasteiger partial charge is 0.421 e. The quantitative estimate of drug-likeness (QED) is 0.779. The smallest absolute Gasteiger partial charge is 0.247 e. The van der Waals surface area contributed by atoms with E-state index in [0.29, 0.717) is 24.6 Å². The molecule has 1 aromatic heterocycles. The lowest BCUT2D eigenvalue weighted by atomic mass is 10.1.